The SMILES string of the molecule is COCCc1ccc(OS(=O)(=O)c2ccc(F)c(C#N)c2)cc1. The van der Waals surface area contributed by atoms with Gasteiger partial charge in [-0.2, -0.15) is 13.7 Å². The lowest BCUT2D eigenvalue weighted by atomic mass is 10.1. The zero-order valence-corrected chi connectivity index (χ0v) is 13.1. The fourth-order valence-electron chi connectivity index (χ4n) is 1.85. The number of nitriles is 1. The molecule has 0 radical (unpaired) electrons. The molecule has 0 saturated heterocycles. The Morgan fingerprint density at radius 3 is 2.48 bits per heavy atom. The second-order valence-electron chi connectivity index (χ2n) is 4.68. The van der Waals surface area contributed by atoms with Gasteiger partial charge in [0.2, 0.25) is 0 Å². The maximum Gasteiger partial charge on any atom is 0.339 e. The zero-order chi connectivity index (χ0) is 16.9. The normalized spacial score (nSPS) is 11.0. The van der Waals surface area contributed by atoms with Crippen LogP contribution in [-0.2, 0) is 21.3 Å². The van der Waals surface area contributed by atoms with Gasteiger partial charge in [0.25, 0.3) is 0 Å². The third-order valence-corrected chi connectivity index (χ3v) is 4.31. The molecule has 0 aliphatic carbocycles. The third-order valence-electron chi connectivity index (χ3n) is 3.07. The first kappa shape index (κ1) is 16.9. The van der Waals surface area contributed by atoms with Crippen molar-refractivity contribution in [1.29, 1.82) is 5.26 Å². The van der Waals surface area contributed by atoms with Crippen LogP contribution in [0, 0.1) is 17.1 Å². The van der Waals surface area contributed by atoms with Crippen LogP contribution in [0.25, 0.3) is 0 Å². The maximum absolute atomic E-state index is 13.3. The molecule has 5 nitrogen and oxygen atoms in total. The van der Waals surface area contributed by atoms with Gasteiger partial charge in [-0.3, -0.25) is 0 Å². The Bertz CT molecular complexity index is 826. The second-order valence-corrected chi connectivity index (χ2v) is 6.22. The second kappa shape index (κ2) is 7.22. The average Bonchev–Trinajstić information content (AvgIpc) is 2.54. The summed E-state index contributed by atoms with van der Waals surface area (Å²) in [6.45, 7) is 0.561. The summed E-state index contributed by atoms with van der Waals surface area (Å²) >= 11 is 0. The molecule has 2 rings (SSSR count). The molecule has 0 saturated carbocycles. The number of methoxy groups -OCH3 is 1. The van der Waals surface area contributed by atoms with E-state index in [0.29, 0.717) is 13.0 Å². The number of hydrogen-bond donors (Lipinski definition) is 0. The summed E-state index contributed by atoms with van der Waals surface area (Å²) in [4.78, 5) is -0.279. The molecule has 2 aromatic rings. The summed E-state index contributed by atoms with van der Waals surface area (Å²) in [5.41, 5.74) is 0.620. The van der Waals surface area contributed by atoms with Crippen LogP contribution >= 0.6 is 0 Å². The lowest BCUT2D eigenvalue weighted by Gasteiger charge is -2.08. The van der Waals surface area contributed by atoms with Gasteiger partial charge in [-0.15, -0.1) is 0 Å². The van der Waals surface area contributed by atoms with Gasteiger partial charge in [0.05, 0.1) is 12.2 Å². The van der Waals surface area contributed by atoms with E-state index in [1.165, 1.54) is 12.1 Å². The van der Waals surface area contributed by atoms with Crippen molar-refractivity contribution in [1.82, 2.24) is 0 Å². The number of ether oxygens (including phenoxy) is 1. The quantitative estimate of drug-likeness (QED) is 0.759. The van der Waals surface area contributed by atoms with Crippen molar-refractivity contribution in [2.75, 3.05) is 13.7 Å². The van der Waals surface area contributed by atoms with Crippen LogP contribution in [0.1, 0.15) is 11.1 Å². The number of rotatable bonds is 6. The van der Waals surface area contributed by atoms with Crippen LogP contribution in [0.3, 0.4) is 0 Å². The van der Waals surface area contributed by atoms with Crippen molar-refractivity contribution in [3.05, 3.63) is 59.4 Å². The summed E-state index contributed by atoms with van der Waals surface area (Å²) in [5, 5.41) is 8.76. The number of hydrogen-bond acceptors (Lipinski definition) is 5. The van der Waals surface area contributed by atoms with E-state index in [9.17, 15) is 12.8 Å². The molecule has 0 amide bonds. The number of halogens is 1. The summed E-state index contributed by atoms with van der Waals surface area (Å²) in [7, 11) is -2.54. The number of nitrogens with zero attached hydrogens (tertiary/aromatic N) is 1. The van der Waals surface area contributed by atoms with Crippen LogP contribution < -0.4 is 4.18 Å². The molecular weight excluding hydrogens is 321 g/mol. The molecule has 0 atom stereocenters. The van der Waals surface area contributed by atoms with Crippen LogP contribution in [-0.4, -0.2) is 22.1 Å². The standard InChI is InChI=1S/C16H14FNO4S/c1-21-9-8-12-2-4-14(5-3-12)22-23(19,20)15-6-7-16(17)13(10-15)11-18/h2-7,10H,8-9H2,1H3. The minimum Gasteiger partial charge on any atom is -0.384 e. The fraction of sp³-hybridized carbons (Fsp3) is 0.188. The molecule has 0 N–H and O–H groups in total. The van der Waals surface area contributed by atoms with Crippen molar-refractivity contribution in [3.63, 3.8) is 0 Å². The highest BCUT2D eigenvalue weighted by Crippen LogP contribution is 2.21. The molecule has 0 aliphatic heterocycles. The van der Waals surface area contributed by atoms with Crippen LogP contribution in [0.4, 0.5) is 4.39 Å². The minimum absolute atomic E-state index is 0.133. The molecule has 120 valence electrons. The van der Waals surface area contributed by atoms with Gasteiger partial charge in [-0.05, 0) is 42.3 Å². The Morgan fingerprint density at radius 1 is 1.17 bits per heavy atom. The monoisotopic (exact) mass is 335 g/mol. The summed E-state index contributed by atoms with van der Waals surface area (Å²) in [5.74, 6) is -0.650. The summed E-state index contributed by atoms with van der Waals surface area (Å²) in [6, 6.07) is 11.0. The van der Waals surface area contributed by atoms with E-state index in [0.717, 1.165) is 23.8 Å². The highest BCUT2D eigenvalue weighted by molar-refractivity contribution is 7.87. The predicted molar refractivity (Wildman–Crippen MR) is 81.0 cm³/mol. The lowest BCUT2D eigenvalue weighted by molar-refractivity contribution is 0.202. The van der Waals surface area contributed by atoms with E-state index in [-0.39, 0.29) is 16.2 Å². The molecule has 7 heteroatoms. The minimum atomic E-state index is -4.13. The van der Waals surface area contributed by atoms with Crippen LogP contribution in [0.2, 0.25) is 0 Å². The van der Waals surface area contributed by atoms with Gasteiger partial charge < -0.3 is 8.92 Å². The molecule has 0 spiro atoms. The maximum atomic E-state index is 13.3. The van der Waals surface area contributed by atoms with E-state index < -0.39 is 15.9 Å². The first-order valence-electron chi connectivity index (χ1n) is 6.68. The largest absolute Gasteiger partial charge is 0.384 e. The average molecular weight is 335 g/mol. The van der Waals surface area contributed by atoms with E-state index in [2.05, 4.69) is 0 Å². The fourth-order valence-corrected chi connectivity index (χ4v) is 2.81. The molecule has 0 unspecified atom stereocenters. The van der Waals surface area contributed by atoms with Gasteiger partial charge in [0.1, 0.15) is 22.5 Å². The highest BCUT2D eigenvalue weighted by Gasteiger charge is 2.18. The topological polar surface area (TPSA) is 76.4 Å². The summed E-state index contributed by atoms with van der Waals surface area (Å²) < 4.78 is 47.5. The van der Waals surface area contributed by atoms with Gasteiger partial charge in [0, 0.05) is 7.11 Å². The molecule has 0 heterocycles. The molecule has 0 bridgehead atoms. The van der Waals surface area contributed by atoms with Gasteiger partial charge in [-0.25, -0.2) is 4.39 Å². The molecular formula is C16H14FNO4S. The van der Waals surface area contributed by atoms with Crippen LogP contribution in [0.15, 0.2) is 47.4 Å². The zero-order valence-electron chi connectivity index (χ0n) is 12.3. The van der Waals surface area contributed by atoms with Gasteiger partial charge in [-0.1, -0.05) is 12.1 Å². The van der Waals surface area contributed by atoms with Gasteiger partial charge >= 0.3 is 10.1 Å². The molecule has 23 heavy (non-hydrogen) atoms. The smallest absolute Gasteiger partial charge is 0.339 e. The third kappa shape index (κ3) is 4.28. The van der Waals surface area contributed by atoms with E-state index in [1.807, 2.05) is 0 Å². The Morgan fingerprint density at radius 2 is 1.87 bits per heavy atom. The van der Waals surface area contributed by atoms with Crippen molar-refractivity contribution < 1.29 is 21.7 Å². The van der Waals surface area contributed by atoms with Crippen molar-refractivity contribution in [2.45, 2.75) is 11.3 Å². The van der Waals surface area contributed by atoms with Crippen LogP contribution in [0.5, 0.6) is 5.75 Å². The predicted octanol–water partition coefficient (Wildman–Crippen LogP) is 2.65. The first-order chi connectivity index (χ1) is 11.0. The lowest BCUT2D eigenvalue weighted by Crippen LogP contribution is -2.10. The highest BCUT2D eigenvalue weighted by atomic mass is 32.2. The Labute approximate surface area is 134 Å². The Balaban J connectivity index is 2.19. The number of benzene rings is 2. The van der Waals surface area contributed by atoms with E-state index >= 15 is 0 Å². The van der Waals surface area contributed by atoms with Gasteiger partial charge in [0.15, 0.2) is 0 Å². The van der Waals surface area contributed by atoms with Crippen molar-refractivity contribution >= 4 is 10.1 Å². The molecule has 0 aromatic heterocycles. The molecule has 0 fully saturated rings. The Kier molecular flexibility index (Phi) is 5.32. The molecule has 0 aliphatic rings. The summed E-state index contributed by atoms with van der Waals surface area (Å²) in [6.07, 6.45) is 0.701. The van der Waals surface area contributed by atoms with Crippen molar-refractivity contribution in [2.24, 2.45) is 0 Å². The Hall–Kier alpha value is -2.43. The van der Waals surface area contributed by atoms with E-state index in [4.69, 9.17) is 14.2 Å². The molecule has 2 aromatic carbocycles. The first-order valence-corrected chi connectivity index (χ1v) is 8.09. The van der Waals surface area contributed by atoms with Crippen molar-refractivity contribution in [3.8, 4) is 11.8 Å². The van der Waals surface area contributed by atoms with E-state index in [1.54, 1.807) is 25.3 Å².